The summed E-state index contributed by atoms with van der Waals surface area (Å²) in [7, 11) is 1.34. The number of esters is 1. The molecule has 2 aromatic heterocycles. The Hall–Kier alpha value is -3.29. The van der Waals surface area contributed by atoms with Crippen molar-refractivity contribution >= 4 is 28.2 Å². The second-order valence-corrected chi connectivity index (χ2v) is 8.57. The first kappa shape index (κ1) is 19.7. The van der Waals surface area contributed by atoms with Gasteiger partial charge in [0.1, 0.15) is 5.82 Å². The quantitative estimate of drug-likeness (QED) is 0.496. The Morgan fingerprint density at radius 3 is 2.87 bits per heavy atom. The fraction of sp³-hybridized carbons (Fsp3) is 0.208. The molecule has 2 aromatic carbocycles. The Morgan fingerprint density at radius 2 is 2.06 bits per heavy atom. The van der Waals surface area contributed by atoms with Gasteiger partial charge in [-0.2, -0.15) is 0 Å². The lowest BCUT2D eigenvalue weighted by Gasteiger charge is -2.36. The number of carbonyl (C=O) groups excluding carboxylic acids is 1. The number of carbonyl (C=O) groups is 1. The van der Waals surface area contributed by atoms with Gasteiger partial charge in [0, 0.05) is 11.4 Å². The first-order chi connectivity index (χ1) is 15.1. The van der Waals surface area contributed by atoms with Crippen molar-refractivity contribution in [2.45, 2.75) is 19.0 Å². The van der Waals surface area contributed by atoms with Crippen molar-refractivity contribution in [3.8, 4) is 0 Å². The van der Waals surface area contributed by atoms with Crippen molar-refractivity contribution in [3.05, 3.63) is 97.7 Å². The van der Waals surface area contributed by atoms with Gasteiger partial charge in [-0.15, -0.1) is 11.3 Å². The van der Waals surface area contributed by atoms with Gasteiger partial charge < -0.3 is 9.72 Å². The number of aromatic nitrogens is 2. The maximum absolute atomic E-state index is 12.7. The van der Waals surface area contributed by atoms with Crippen molar-refractivity contribution in [3.63, 3.8) is 0 Å². The van der Waals surface area contributed by atoms with E-state index in [0.29, 0.717) is 28.8 Å². The van der Waals surface area contributed by atoms with Crippen molar-refractivity contribution in [2.75, 3.05) is 13.7 Å². The van der Waals surface area contributed by atoms with Crippen molar-refractivity contribution in [2.24, 2.45) is 0 Å². The smallest absolute Gasteiger partial charge is 0.337 e. The van der Waals surface area contributed by atoms with Crippen LogP contribution in [0.25, 0.3) is 10.9 Å². The number of hydrogen-bond donors (Lipinski definition) is 1. The molecule has 0 aliphatic carbocycles. The number of nitrogens with zero attached hydrogens (tertiary/aromatic N) is 2. The fourth-order valence-electron chi connectivity index (χ4n) is 4.26. The summed E-state index contributed by atoms with van der Waals surface area (Å²) < 4.78 is 4.80. The number of rotatable bonds is 4. The molecule has 7 heteroatoms. The zero-order chi connectivity index (χ0) is 21.4. The van der Waals surface area contributed by atoms with Crippen molar-refractivity contribution < 1.29 is 9.53 Å². The van der Waals surface area contributed by atoms with E-state index in [0.717, 1.165) is 13.0 Å². The average Bonchev–Trinajstić information content (AvgIpc) is 3.27. The number of fused-ring (bicyclic) bond motifs is 2. The molecule has 1 atom stereocenters. The zero-order valence-corrected chi connectivity index (χ0v) is 17.8. The molecular formula is C24H21N3O3S. The highest BCUT2D eigenvalue weighted by Gasteiger charge is 2.30. The normalized spacial score (nSPS) is 16.2. The molecule has 5 rings (SSSR count). The Kier molecular flexibility index (Phi) is 5.13. The van der Waals surface area contributed by atoms with Gasteiger partial charge in [-0.1, -0.05) is 30.3 Å². The number of H-pyrrole nitrogens is 1. The van der Waals surface area contributed by atoms with Crippen LogP contribution in [0.1, 0.15) is 38.2 Å². The molecule has 0 saturated heterocycles. The van der Waals surface area contributed by atoms with Crippen molar-refractivity contribution in [1.82, 2.24) is 14.9 Å². The summed E-state index contributed by atoms with van der Waals surface area (Å²) in [6, 6.07) is 17.5. The van der Waals surface area contributed by atoms with E-state index in [1.54, 1.807) is 29.5 Å². The summed E-state index contributed by atoms with van der Waals surface area (Å²) in [5.74, 6) is 0.134. The zero-order valence-electron chi connectivity index (χ0n) is 17.0. The van der Waals surface area contributed by atoms with E-state index < -0.39 is 5.97 Å². The van der Waals surface area contributed by atoms with Gasteiger partial charge in [-0.25, -0.2) is 9.78 Å². The summed E-state index contributed by atoms with van der Waals surface area (Å²) in [5.41, 5.74) is 3.20. The molecule has 4 aromatic rings. The highest BCUT2D eigenvalue weighted by atomic mass is 32.1. The monoisotopic (exact) mass is 431 g/mol. The molecule has 6 nitrogen and oxygen atoms in total. The second kappa shape index (κ2) is 8.09. The number of nitrogens with one attached hydrogen (secondary N) is 1. The molecule has 1 aliphatic rings. The van der Waals surface area contributed by atoms with Gasteiger partial charge in [0.25, 0.3) is 5.56 Å². The molecule has 156 valence electrons. The van der Waals surface area contributed by atoms with Gasteiger partial charge in [-0.05, 0) is 47.2 Å². The Labute approximate surface area is 183 Å². The average molecular weight is 432 g/mol. The number of benzene rings is 2. The minimum absolute atomic E-state index is 0.110. The Morgan fingerprint density at radius 1 is 1.23 bits per heavy atom. The maximum Gasteiger partial charge on any atom is 0.337 e. The summed E-state index contributed by atoms with van der Waals surface area (Å²) in [6.07, 6.45) is 0.973. The first-order valence-electron chi connectivity index (χ1n) is 10.1. The molecule has 0 fully saturated rings. The summed E-state index contributed by atoms with van der Waals surface area (Å²) in [4.78, 5) is 35.9. The third-order valence-electron chi connectivity index (χ3n) is 5.71. The van der Waals surface area contributed by atoms with E-state index >= 15 is 0 Å². The van der Waals surface area contributed by atoms with Gasteiger partial charge in [0.15, 0.2) is 0 Å². The van der Waals surface area contributed by atoms with Gasteiger partial charge in [0.05, 0.1) is 36.2 Å². The fourth-order valence-corrected chi connectivity index (χ4v) is 5.17. The highest BCUT2D eigenvalue weighted by molar-refractivity contribution is 7.10. The maximum atomic E-state index is 12.7. The number of ether oxygens (including phenoxy) is 1. The van der Waals surface area contributed by atoms with Gasteiger partial charge in [0.2, 0.25) is 0 Å². The van der Waals surface area contributed by atoms with Crippen LogP contribution >= 0.6 is 11.3 Å². The SMILES string of the molecule is COC(=O)c1ccc2c(=O)[nH]c(CN3CCc4sccc4[C@H]3c3ccccc3)nc2c1. The first-order valence-corrected chi connectivity index (χ1v) is 11.0. The van der Waals surface area contributed by atoms with Crippen LogP contribution in [-0.4, -0.2) is 34.5 Å². The number of methoxy groups -OCH3 is 1. The van der Waals surface area contributed by atoms with E-state index in [1.807, 2.05) is 6.07 Å². The van der Waals surface area contributed by atoms with Crippen LogP contribution in [0.5, 0.6) is 0 Å². The van der Waals surface area contributed by atoms with Crippen LogP contribution in [0, 0.1) is 0 Å². The molecule has 0 unspecified atom stereocenters. The van der Waals surface area contributed by atoms with E-state index in [9.17, 15) is 9.59 Å². The van der Waals surface area contributed by atoms with Crippen LogP contribution in [0.2, 0.25) is 0 Å². The minimum atomic E-state index is -0.448. The molecular weight excluding hydrogens is 410 g/mol. The standard InChI is InChI=1S/C24H21N3O3S/c1-30-24(29)16-7-8-17-19(13-16)25-21(26-23(17)28)14-27-11-9-20-18(10-12-31-20)22(27)15-5-3-2-4-6-15/h2-8,10,12-13,22H,9,11,14H2,1H3,(H,25,26,28)/t22-/m1/s1. The summed E-state index contributed by atoms with van der Waals surface area (Å²) in [5, 5.41) is 2.60. The third kappa shape index (κ3) is 3.66. The van der Waals surface area contributed by atoms with E-state index in [4.69, 9.17) is 4.74 Å². The van der Waals surface area contributed by atoms with Crippen molar-refractivity contribution in [1.29, 1.82) is 0 Å². The predicted octanol–water partition coefficient (Wildman–Crippen LogP) is 3.92. The summed E-state index contributed by atoms with van der Waals surface area (Å²) >= 11 is 1.80. The molecule has 0 spiro atoms. The van der Waals surface area contributed by atoms with Gasteiger partial charge >= 0.3 is 5.97 Å². The molecule has 0 bridgehead atoms. The molecule has 3 heterocycles. The lowest BCUT2D eigenvalue weighted by atomic mass is 9.93. The number of thiophene rings is 1. The van der Waals surface area contributed by atoms with Gasteiger partial charge in [-0.3, -0.25) is 9.69 Å². The number of hydrogen-bond acceptors (Lipinski definition) is 6. The lowest BCUT2D eigenvalue weighted by molar-refractivity contribution is 0.0601. The minimum Gasteiger partial charge on any atom is -0.465 e. The number of aromatic amines is 1. The molecule has 0 saturated carbocycles. The third-order valence-corrected chi connectivity index (χ3v) is 6.71. The molecule has 0 radical (unpaired) electrons. The largest absolute Gasteiger partial charge is 0.465 e. The Bertz CT molecular complexity index is 1310. The van der Waals surface area contributed by atoms with E-state index in [-0.39, 0.29) is 11.6 Å². The topological polar surface area (TPSA) is 75.3 Å². The van der Waals surface area contributed by atoms with Crippen LogP contribution in [0.4, 0.5) is 0 Å². The molecule has 0 amide bonds. The second-order valence-electron chi connectivity index (χ2n) is 7.57. The lowest BCUT2D eigenvalue weighted by Crippen LogP contribution is -2.36. The molecule has 1 aliphatic heterocycles. The Balaban J connectivity index is 1.53. The van der Waals surface area contributed by atoms with Crippen LogP contribution in [0.3, 0.4) is 0 Å². The van der Waals surface area contributed by atoms with Crippen LogP contribution < -0.4 is 5.56 Å². The molecule has 31 heavy (non-hydrogen) atoms. The highest BCUT2D eigenvalue weighted by Crippen LogP contribution is 2.38. The predicted molar refractivity (Wildman–Crippen MR) is 120 cm³/mol. The van der Waals surface area contributed by atoms with Crippen LogP contribution in [0.15, 0.2) is 64.8 Å². The summed E-state index contributed by atoms with van der Waals surface area (Å²) in [6.45, 7) is 1.37. The van der Waals surface area contributed by atoms with E-state index in [2.05, 4.69) is 50.6 Å². The van der Waals surface area contributed by atoms with Crippen LogP contribution in [-0.2, 0) is 17.7 Å². The van der Waals surface area contributed by atoms with E-state index in [1.165, 1.54) is 23.1 Å². The molecule has 1 N–H and O–H groups in total.